The van der Waals surface area contributed by atoms with Crippen molar-refractivity contribution < 1.29 is 4.39 Å². The molecule has 0 aliphatic carbocycles. The van der Waals surface area contributed by atoms with Crippen molar-refractivity contribution in [3.63, 3.8) is 0 Å². The predicted molar refractivity (Wildman–Crippen MR) is 86.9 cm³/mol. The Labute approximate surface area is 127 Å². The molecule has 0 saturated carbocycles. The highest BCUT2D eigenvalue weighted by Gasteiger charge is 2.08. The van der Waals surface area contributed by atoms with Gasteiger partial charge in [-0.25, -0.2) is 4.39 Å². The number of hydrogen-bond donors (Lipinski definition) is 1. The summed E-state index contributed by atoms with van der Waals surface area (Å²) in [5.74, 6) is -0.240. The summed E-state index contributed by atoms with van der Waals surface area (Å²) in [5, 5.41) is 3.41. The first kappa shape index (κ1) is 14.9. The lowest BCUT2D eigenvalue weighted by atomic mass is 10.1. The number of hydrogen-bond acceptors (Lipinski definition) is 2. The van der Waals surface area contributed by atoms with Crippen LogP contribution in [0.4, 0.5) is 15.8 Å². The first-order chi connectivity index (χ1) is 9.47. The summed E-state index contributed by atoms with van der Waals surface area (Å²) in [6, 6.07) is 13.4. The molecule has 0 saturated heterocycles. The second kappa shape index (κ2) is 6.27. The minimum atomic E-state index is -0.240. The van der Waals surface area contributed by atoms with Gasteiger partial charge in [0.15, 0.2) is 0 Å². The topological polar surface area (TPSA) is 15.3 Å². The second-order valence-corrected chi connectivity index (χ2v) is 5.84. The molecule has 0 spiro atoms. The van der Waals surface area contributed by atoms with Crippen molar-refractivity contribution in [1.29, 1.82) is 0 Å². The highest BCUT2D eigenvalue weighted by molar-refractivity contribution is 9.10. The van der Waals surface area contributed by atoms with E-state index in [2.05, 4.69) is 45.2 Å². The quantitative estimate of drug-likeness (QED) is 0.860. The number of anilines is 2. The molecule has 1 unspecified atom stereocenters. The second-order valence-electron chi connectivity index (χ2n) is 4.98. The van der Waals surface area contributed by atoms with Crippen molar-refractivity contribution >= 4 is 27.3 Å². The molecule has 0 amide bonds. The summed E-state index contributed by atoms with van der Waals surface area (Å²) in [7, 11) is 4.03. The molecule has 4 heteroatoms. The van der Waals surface area contributed by atoms with E-state index in [1.807, 2.05) is 26.2 Å². The number of nitrogens with one attached hydrogen (secondary N) is 1. The predicted octanol–water partition coefficient (Wildman–Crippen LogP) is 4.83. The monoisotopic (exact) mass is 336 g/mol. The van der Waals surface area contributed by atoms with E-state index < -0.39 is 0 Å². The summed E-state index contributed by atoms with van der Waals surface area (Å²) in [6.07, 6.45) is 0. The third-order valence-corrected chi connectivity index (χ3v) is 3.82. The van der Waals surface area contributed by atoms with Gasteiger partial charge >= 0.3 is 0 Å². The van der Waals surface area contributed by atoms with Gasteiger partial charge in [-0.2, -0.15) is 0 Å². The molecule has 0 bridgehead atoms. The lowest BCUT2D eigenvalue weighted by Crippen LogP contribution is -2.09. The number of rotatable bonds is 4. The van der Waals surface area contributed by atoms with Crippen molar-refractivity contribution in [3.05, 3.63) is 58.3 Å². The maximum atomic E-state index is 13.2. The molecule has 0 aromatic heterocycles. The van der Waals surface area contributed by atoms with E-state index in [1.165, 1.54) is 6.07 Å². The molecule has 1 atom stereocenters. The zero-order chi connectivity index (χ0) is 14.7. The Kier molecular flexibility index (Phi) is 4.65. The Morgan fingerprint density at radius 3 is 2.30 bits per heavy atom. The minimum absolute atomic E-state index is 0.108. The van der Waals surface area contributed by atoms with Crippen LogP contribution in [0.2, 0.25) is 0 Å². The van der Waals surface area contributed by atoms with Crippen LogP contribution < -0.4 is 10.2 Å². The Hall–Kier alpha value is -1.55. The van der Waals surface area contributed by atoms with Gasteiger partial charge in [0.1, 0.15) is 5.82 Å². The fourth-order valence-electron chi connectivity index (χ4n) is 1.97. The van der Waals surface area contributed by atoms with E-state index in [1.54, 1.807) is 12.1 Å². The van der Waals surface area contributed by atoms with Gasteiger partial charge in [0, 0.05) is 31.5 Å². The molecule has 106 valence electrons. The first-order valence-corrected chi connectivity index (χ1v) is 7.25. The van der Waals surface area contributed by atoms with E-state index in [0.29, 0.717) is 4.47 Å². The summed E-state index contributed by atoms with van der Waals surface area (Å²) in [6.45, 7) is 2.06. The van der Waals surface area contributed by atoms with E-state index >= 15 is 0 Å². The highest BCUT2D eigenvalue weighted by Crippen LogP contribution is 2.25. The normalized spacial score (nSPS) is 12.1. The maximum Gasteiger partial charge on any atom is 0.137 e. The van der Waals surface area contributed by atoms with E-state index in [-0.39, 0.29) is 11.9 Å². The van der Waals surface area contributed by atoms with Gasteiger partial charge in [-0.3, -0.25) is 0 Å². The van der Waals surface area contributed by atoms with Gasteiger partial charge in [-0.15, -0.1) is 0 Å². The molecule has 2 nitrogen and oxygen atoms in total. The third kappa shape index (κ3) is 3.51. The molecule has 0 aliphatic rings. The van der Waals surface area contributed by atoms with Crippen LogP contribution in [0.1, 0.15) is 18.5 Å². The molecular formula is C16H18BrFN2. The van der Waals surface area contributed by atoms with Crippen LogP contribution in [0.25, 0.3) is 0 Å². The Morgan fingerprint density at radius 2 is 1.75 bits per heavy atom. The van der Waals surface area contributed by atoms with E-state index in [9.17, 15) is 4.39 Å². The van der Waals surface area contributed by atoms with E-state index in [0.717, 1.165) is 16.9 Å². The molecule has 0 aliphatic heterocycles. The molecule has 0 heterocycles. The molecular weight excluding hydrogens is 319 g/mol. The average Bonchev–Trinajstić information content (AvgIpc) is 2.42. The summed E-state index contributed by atoms with van der Waals surface area (Å²) in [5.41, 5.74) is 3.24. The summed E-state index contributed by atoms with van der Waals surface area (Å²) in [4.78, 5) is 2.06. The van der Waals surface area contributed by atoms with Crippen molar-refractivity contribution in [2.45, 2.75) is 13.0 Å². The van der Waals surface area contributed by atoms with Crippen molar-refractivity contribution in [2.75, 3.05) is 24.3 Å². The Bertz CT molecular complexity index is 582. The zero-order valence-electron chi connectivity index (χ0n) is 11.8. The van der Waals surface area contributed by atoms with Crippen LogP contribution in [0.15, 0.2) is 46.9 Å². The van der Waals surface area contributed by atoms with Crippen LogP contribution in [-0.4, -0.2) is 14.1 Å². The molecule has 20 heavy (non-hydrogen) atoms. The van der Waals surface area contributed by atoms with E-state index in [4.69, 9.17) is 0 Å². The number of nitrogens with zero attached hydrogens (tertiary/aromatic N) is 1. The maximum absolute atomic E-state index is 13.2. The first-order valence-electron chi connectivity index (χ1n) is 6.46. The molecule has 2 rings (SSSR count). The zero-order valence-corrected chi connectivity index (χ0v) is 13.4. The van der Waals surface area contributed by atoms with Crippen molar-refractivity contribution in [1.82, 2.24) is 0 Å². The van der Waals surface area contributed by atoms with Crippen LogP contribution >= 0.6 is 15.9 Å². The minimum Gasteiger partial charge on any atom is -0.379 e. The molecule has 0 fully saturated rings. The lowest BCUT2D eigenvalue weighted by Gasteiger charge is -2.18. The summed E-state index contributed by atoms with van der Waals surface area (Å²) >= 11 is 3.22. The molecule has 1 N–H and O–H groups in total. The lowest BCUT2D eigenvalue weighted by molar-refractivity contribution is 0.619. The van der Waals surface area contributed by atoms with Gasteiger partial charge in [0.25, 0.3) is 0 Å². The smallest absolute Gasteiger partial charge is 0.137 e. The molecule has 0 radical (unpaired) electrons. The van der Waals surface area contributed by atoms with Crippen LogP contribution in [-0.2, 0) is 0 Å². The average molecular weight is 337 g/mol. The van der Waals surface area contributed by atoms with Crippen molar-refractivity contribution in [3.8, 4) is 0 Å². The fourth-order valence-corrected chi connectivity index (χ4v) is 2.37. The van der Waals surface area contributed by atoms with Gasteiger partial charge < -0.3 is 10.2 Å². The molecule has 2 aromatic rings. The van der Waals surface area contributed by atoms with Gasteiger partial charge in [0.05, 0.1) is 4.47 Å². The van der Waals surface area contributed by atoms with Crippen LogP contribution in [0.5, 0.6) is 0 Å². The van der Waals surface area contributed by atoms with Crippen LogP contribution in [0, 0.1) is 5.82 Å². The van der Waals surface area contributed by atoms with Gasteiger partial charge in [-0.1, -0.05) is 6.07 Å². The van der Waals surface area contributed by atoms with Gasteiger partial charge in [0.2, 0.25) is 0 Å². The number of benzene rings is 2. The SMILES string of the molecule is CC(Nc1ccc(N(C)C)cc1)c1ccc(F)c(Br)c1. The van der Waals surface area contributed by atoms with Crippen LogP contribution in [0.3, 0.4) is 0 Å². The van der Waals surface area contributed by atoms with Crippen molar-refractivity contribution in [2.24, 2.45) is 0 Å². The highest BCUT2D eigenvalue weighted by atomic mass is 79.9. The number of halogens is 2. The van der Waals surface area contributed by atoms with Gasteiger partial charge in [-0.05, 0) is 64.8 Å². The summed E-state index contributed by atoms with van der Waals surface area (Å²) < 4.78 is 13.7. The standard InChI is InChI=1S/C16H18BrFN2/c1-11(12-4-9-16(18)15(17)10-12)19-13-5-7-14(8-6-13)20(2)3/h4-11,19H,1-3H3. The largest absolute Gasteiger partial charge is 0.379 e. The Morgan fingerprint density at radius 1 is 1.10 bits per heavy atom. The fraction of sp³-hybridized carbons (Fsp3) is 0.250. The Balaban J connectivity index is 2.10. The molecule has 2 aromatic carbocycles. The third-order valence-electron chi connectivity index (χ3n) is 3.21.